The van der Waals surface area contributed by atoms with Crippen molar-refractivity contribution in [2.24, 2.45) is 154 Å². The van der Waals surface area contributed by atoms with E-state index >= 15 is 0 Å². The Morgan fingerprint density at radius 2 is 0.561 bits per heavy atom. The summed E-state index contributed by atoms with van der Waals surface area (Å²) in [4.78, 5) is 24.8. The molecule has 0 aromatic heterocycles. The van der Waals surface area contributed by atoms with Crippen LogP contribution in [0.15, 0.2) is 73.9 Å². The average Bonchev–Trinajstić information content (AvgIpc) is 0.815. The van der Waals surface area contributed by atoms with Crippen molar-refractivity contribution < 1.29 is 70.1 Å². The highest BCUT2D eigenvalue weighted by atomic mass is 19.2. The number of rotatable bonds is 22. The zero-order valence-corrected chi connectivity index (χ0v) is 90.5. The molecule has 814 valence electrons. The molecule has 0 amide bonds. The third-order valence-corrected chi connectivity index (χ3v) is 39.1. The predicted molar refractivity (Wildman–Crippen MR) is 599 cm³/mol. The maximum atomic E-state index is 13.9. The molecule has 0 radical (unpaired) electrons. The van der Waals surface area contributed by atoms with E-state index in [-0.39, 0.29) is 55.2 Å². The summed E-state index contributed by atoms with van der Waals surface area (Å²) < 4.78 is 99.1. The van der Waals surface area contributed by atoms with Crippen molar-refractivity contribution in [3.8, 4) is 5.75 Å². The van der Waals surface area contributed by atoms with E-state index in [4.69, 9.17) is 14.2 Å². The van der Waals surface area contributed by atoms with Gasteiger partial charge in [0.1, 0.15) is 6.10 Å². The van der Waals surface area contributed by atoms with Crippen molar-refractivity contribution in [3.63, 3.8) is 0 Å². The van der Waals surface area contributed by atoms with Crippen molar-refractivity contribution >= 4 is 11.9 Å². The molecular weight excluding hydrogens is 1730 g/mol. The number of aryl methyl sites for hydroxylation is 5. The molecule has 139 heavy (non-hydrogen) atoms. The summed E-state index contributed by atoms with van der Waals surface area (Å²) in [6.45, 7) is 34.9. The maximum absolute atomic E-state index is 13.9. The second-order valence-corrected chi connectivity index (χ2v) is 50.3. The monoisotopic (exact) mass is 1960 g/mol. The molecule has 5 nitrogen and oxygen atoms in total. The summed E-state index contributed by atoms with van der Waals surface area (Å²) in [5.74, 6) is 16.4. The minimum absolute atomic E-state index is 0. The number of carbonyl (C=O) groups excluding carboxylic acids is 2. The minimum Gasteiger partial charge on any atom is -0.462 e. The number of halogens is 6. The predicted octanol–water partition coefficient (Wildman–Crippen LogP) is 41.8. The molecule has 0 N–H and O–H groups in total. The second-order valence-electron chi connectivity index (χ2n) is 50.3. The van der Waals surface area contributed by atoms with Gasteiger partial charge in [-0.3, -0.25) is 9.59 Å². The van der Waals surface area contributed by atoms with Gasteiger partial charge in [0.15, 0.2) is 34.8 Å². The van der Waals surface area contributed by atoms with Crippen molar-refractivity contribution in [2.45, 2.75) is 487 Å². The Balaban J connectivity index is -0.000000838. The number of benzene rings is 3. The van der Waals surface area contributed by atoms with Gasteiger partial charge in [0.2, 0.25) is 5.82 Å². The SMILES string of the molecule is C=CC1CCC(CCc2ccc(C)c(F)c2F)CC1.C=CCC1CCC(C2CCC(C)CC2)CC1.CC1CCC(/C=C/C2CCC(C)CC2)CC1.CC1CCC(OC(=O)C2CCC(C3CCC(C)CC3)CC2)CC1.CC1CCC(OCC2CCC(C3CCC(C)CC3)CC2)CC1.Cc1ccc(CCC2CCC(C)CC2)c(F)c1F.Cc1ccc(OC(=O)C2CCC(C3CCC(C)CC3)CC2)c(F)c1F.[HH].[HH].[HH].[HH].[HH].[HH].[HH].[HH].[HH].[HH].[HH].[HH].[HH].[HH]. The Bertz CT molecular complexity index is 4000. The fraction of sp³-hybridized carbons (Fsp3) is 0.797. The molecule has 11 heteroatoms. The lowest BCUT2D eigenvalue weighted by atomic mass is 9.69. The molecular formula is C128H230F6O5. The van der Waals surface area contributed by atoms with Gasteiger partial charge in [-0.2, -0.15) is 4.39 Å². The molecule has 17 rings (SSSR count). The second kappa shape index (κ2) is 60.6. The lowest BCUT2D eigenvalue weighted by Crippen LogP contribution is -2.31. The molecule has 14 aliphatic carbocycles. The van der Waals surface area contributed by atoms with Crippen LogP contribution in [0.3, 0.4) is 0 Å². The highest BCUT2D eigenvalue weighted by molar-refractivity contribution is 5.75. The Hall–Kier alpha value is -4.64. The van der Waals surface area contributed by atoms with Crippen LogP contribution in [0.2, 0.25) is 0 Å². The normalized spacial score (nSPS) is 35.1. The molecule has 14 saturated carbocycles. The Kier molecular flexibility index (Phi) is 50.0. The zero-order chi connectivity index (χ0) is 99.3. The van der Waals surface area contributed by atoms with Crippen LogP contribution in [-0.4, -0.2) is 30.8 Å². The van der Waals surface area contributed by atoms with E-state index in [9.17, 15) is 35.9 Å². The highest BCUT2D eigenvalue weighted by Crippen LogP contribution is 2.48. The van der Waals surface area contributed by atoms with E-state index < -0.39 is 40.9 Å². The number of hydrogen-bond acceptors (Lipinski definition) is 5. The third-order valence-electron chi connectivity index (χ3n) is 39.1. The first kappa shape index (κ1) is 115. The first-order valence-corrected chi connectivity index (χ1v) is 59.3. The van der Waals surface area contributed by atoms with Crippen molar-refractivity contribution in [2.75, 3.05) is 6.61 Å². The summed E-state index contributed by atoms with van der Waals surface area (Å²) >= 11 is 0. The van der Waals surface area contributed by atoms with E-state index in [1.165, 1.54) is 334 Å². The van der Waals surface area contributed by atoms with Gasteiger partial charge in [0.25, 0.3) is 0 Å². The number of esters is 2. The Labute approximate surface area is 867 Å². The Morgan fingerprint density at radius 3 is 0.906 bits per heavy atom. The minimum atomic E-state index is -1.07. The van der Waals surface area contributed by atoms with Gasteiger partial charge >= 0.3 is 11.9 Å². The van der Waals surface area contributed by atoms with Crippen molar-refractivity contribution in [1.29, 1.82) is 0 Å². The summed E-state index contributed by atoms with van der Waals surface area (Å²) in [6.07, 6.45) is 89.4. The van der Waals surface area contributed by atoms with Crippen LogP contribution in [-0.2, 0) is 31.9 Å². The van der Waals surface area contributed by atoms with Crippen molar-refractivity contribution in [3.05, 3.63) is 137 Å². The molecule has 0 saturated heterocycles. The topological polar surface area (TPSA) is 61.8 Å². The molecule has 0 unspecified atom stereocenters. The quantitative estimate of drug-likeness (QED) is 0.0434. The van der Waals surface area contributed by atoms with Crippen molar-refractivity contribution in [1.82, 2.24) is 0 Å². The first-order chi connectivity index (χ1) is 67.0. The van der Waals surface area contributed by atoms with Crippen LogP contribution >= 0.6 is 0 Å². The standard InChI is InChI=1S/C21H28F2O2.C21H36O2.C21H38O.C17H22F2.C16H22F2.2C16H28.14H2/c1-13-3-6-15(7-4-13)16-8-10-17(11-9-16)21(24)25-18-12-5-14(2)19(22)20(18)23;1-15-3-7-17(8-4-15)18-9-11-19(12-10-18)21(22)23-20-13-5-16(2)6-14-20;1-16-3-9-19(10-4-16)20-11-7-18(8-12-20)15-22-21-13-5-17(2)6-14-21;1-3-13-5-7-14(8-6-13)9-11-15-10-4-12(2)16(18)17(15)19;1-11-3-6-13(7-4-11)8-10-14-9-5-12(2)15(17)16(14)18;1-13-3-7-15(8-4-13)11-12-16-9-5-14(2)6-10-16;1-3-4-14-7-11-16(12-8-14)15-9-5-13(2)6-10-15;;;;;;;;;;;;;;/h5,12-13,15-17H,3-4,6-11H2,1-2H3;15-20H,3-14H2,1-2H3;16-21H,3-15H2,1-2H3;3-4,10,13-14H,1,5-9,11H2,2H3;5,9,11,13H,3-4,6-8,10H2,1-2H3;11-16H,3-10H2,1-2H3;3,13-16H,1,4-12H2,2H3;14*1H/b;;;;;12-11+;;;;;;;;;;;;;;;. The third kappa shape index (κ3) is 38.9. The lowest BCUT2D eigenvalue weighted by Gasteiger charge is -2.37. The van der Waals surface area contributed by atoms with Gasteiger partial charge < -0.3 is 14.2 Å². The average molecular weight is 1960 g/mol. The molecule has 3 aromatic carbocycles. The summed E-state index contributed by atoms with van der Waals surface area (Å²) in [6, 6.07) is 9.57. The van der Waals surface area contributed by atoms with E-state index in [1.807, 2.05) is 6.08 Å². The van der Waals surface area contributed by atoms with Crippen LogP contribution in [0.5, 0.6) is 5.75 Å². The number of hydrogen-bond donors (Lipinski definition) is 0. The van der Waals surface area contributed by atoms with Gasteiger partial charge in [-0.15, -0.1) is 13.2 Å². The Morgan fingerprint density at radius 1 is 0.295 bits per heavy atom. The van der Waals surface area contributed by atoms with Gasteiger partial charge in [0, 0.05) is 26.6 Å². The van der Waals surface area contributed by atoms with Gasteiger partial charge in [0.05, 0.1) is 17.9 Å². The lowest BCUT2D eigenvalue weighted by molar-refractivity contribution is -0.157. The van der Waals surface area contributed by atoms with Gasteiger partial charge in [-0.25, -0.2) is 22.0 Å². The molecule has 14 fully saturated rings. The molecule has 0 spiro atoms. The maximum Gasteiger partial charge on any atom is 0.314 e. The molecule has 14 aliphatic rings. The van der Waals surface area contributed by atoms with E-state index in [1.54, 1.807) is 38.1 Å². The van der Waals surface area contributed by atoms with E-state index in [0.29, 0.717) is 64.9 Å². The molecule has 0 heterocycles. The number of carbonyl (C=O) groups is 2. The zero-order valence-electron chi connectivity index (χ0n) is 90.5. The first-order valence-electron chi connectivity index (χ1n) is 59.3. The molecule has 0 atom stereocenters. The fourth-order valence-electron chi connectivity index (χ4n) is 27.9. The smallest absolute Gasteiger partial charge is 0.314 e. The number of allylic oxidation sites excluding steroid dienone is 4. The largest absolute Gasteiger partial charge is 0.462 e. The number of ether oxygens (including phenoxy) is 3. The van der Waals surface area contributed by atoms with Gasteiger partial charge in [-0.1, -0.05) is 220 Å². The molecule has 3 aromatic rings. The summed E-state index contributed by atoms with van der Waals surface area (Å²) in [5.41, 5.74) is 2.04. The highest BCUT2D eigenvalue weighted by Gasteiger charge is 2.39. The summed E-state index contributed by atoms with van der Waals surface area (Å²) in [5, 5.41) is 0. The summed E-state index contributed by atoms with van der Waals surface area (Å²) in [7, 11) is 0. The van der Waals surface area contributed by atoms with Crippen LogP contribution < -0.4 is 4.74 Å². The molecule has 0 aliphatic heterocycles. The van der Waals surface area contributed by atoms with Crippen LogP contribution in [0.4, 0.5) is 26.3 Å². The van der Waals surface area contributed by atoms with E-state index in [2.05, 4.69) is 93.7 Å². The van der Waals surface area contributed by atoms with Gasteiger partial charge in [-0.05, 0) is 486 Å². The van der Waals surface area contributed by atoms with Crippen LogP contribution in [0, 0.1) is 210 Å². The van der Waals surface area contributed by atoms with Crippen LogP contribution in [0.1, 0.15) is 489 Å². The fourth-order valence-corrected chi connectivity index (χ4v) is 27.9. The van der Waals surface area contributed by atoms with Crippen LogP contribution in [0.25, 0.3) is 0 Å². The molecule has 0 bridgehead atoms. The van der Waals surface area contributed by atoms with E-state index in [0.717, 1.165) is 189 Å².